The number of nitrogens with zero attached hydrogens (tertiary/aromatic N) is 2. The Labute approximate surface area is 232 Å². The molecule has 3 aromatic rings. The van der Waals surface area contributed by atoms with E-state index in [1.807, 2.05) is 0 Å². The maximum Gasteiger partial charge on any atom is 0.412 e. The fourth-order valence-electron chi connectivity index (χ4n) is 4.25. The van der Waals surface area contributed by atoms with Gasteiger partial charge in [-0.05, 0) is 47.7 Å². The number of carbonyl (C=O) groups is 2. The van der Waals surface area contributed by atoms with E-state index in [2.05, 4.69) is 15.6 Å². The first-order valence-corrected chi connectivity index (χ1v) is 13.4. The Morgan fingerprint density at radius 1 is 1.23 bits per heavy atom. The van der Waals surface area contributed by atoms with Crippen molar-refractivity contribution in [2.45, 2.75) is 29.7 Å². The molecule has 2 heterocycles. The van der Waals surface area contributed by atoms with Crippen molar-refractivity contribution in [3.05, 3.63) is 70.9 Å². The minimum Gasteiger partial charge on any atom is -0.448 e. The number of nitrogens with one attached hydrogen (secondary N) is 2. The fraction of sp³-hybridized carbons (Fsp3) is 0.346. The van der Waals surface area contributed by atoms with E-state index in [1.165, 1.54) is 53.2 Å². The lowest BCUT2D eigenvalue weighted by Gasteiger charge is -2.48. The number of benzene rings is 2. The van der Waals surface area contributed by atoms with Gasteiger partial charge in [0.1, 0.15) is 24.1 Å². The SMILES string of the molecule is CN(C(=O)NCc1cccc(F)c1Cl)C1SC(COC(=O)Nc2cc3cc(F)ccc3cn2)[C@@H]1C[C@@H](O)CO. The molecule has 4 N–H and O–H groups in total. The number of ether oxygens (including phenoxy) is 1. The molecule has 1 aliphatic rings. The number of halogens is 3. The molecule has 4 rings (SSSR count). The largest absolute Gasteiger partial charge is 0.448 e. The second-order valence-electron chi connectivity index (χ2n) is 9.07. The van der Waals surface area contributed by atoms with Gasteiger partial charge in [0.05, 0.1) is 23.1 Å². The predicted molar refractivity (Wildman–Crippen MR) is 144 cm³/mol. The number of aromatic nitrogens is 1. The Kier molecular flexibility index (Phi) is 9.44. The number of carbonyl (C=O) groups excluding carboxylic acids is 2. The highest BCUT2D eigenvalue weighted by Crippen LogP contribution is 2.46. The third kappa shape index (κ3) is 7.07. The lowest BCUT2D eigenvalue weighted by Crippen LogP contribution is -2.56. The molecular formula is C26H27ClF2N4O5S. The van der Waals surface area contributed by atoms with Crippen molar-refractivity contribution in [2.24, 2.45) is 5.92 Å². The van der Waals surface area contributed by atoms with Gasteiger partial charge in [-0.15, -0.1) is 11.8 Å². The third-order valence-electron chi connectivity index (χ3n) is 6.37. The maximum absolute atomic E-state index is 13.7. The number of thioether (sulfide) groups is 1. The van der Waals surface area contributed by atoms with Crippen molar-refractivity contribution >= 4 is 52.1 Å². The minimum atomic E-state index is -1.01. The summed E-state index contributed by atoms with van der Waals surface area (Å²) in [6.45, 7) is -0.459. The van der Waals surface area contributed by atoms with Crippen LogP contribution < -0.4 is 10.6 Å². The first-order valence-electron chi connectivity index (χ1n) is 12.0. The van der Waals surface area contributed by atoms with E-state index >= 15 is 0 Å². The molecule has 1 aliphatic heterocycles. The summed E-state index contributed by atoms with van der Waals surface area (Å²) < 4.78 is 32.5. The van der Waals surface area contributed by atoms with Gasteiger partial charge >= 0.3 is 12.1 Å². The van der Waals surface area contributed by atoms with Crippen LogP contribution in [0.15, 0.2) is 48.7 Å². The molecule has 1 fully saturated rings. The van der Waals surface area contributed by atoms with Gasteiger partial charge in [-0.2, -0.15) is 0 Å². The predicted octanol–water partition coefficient (Wildman–Crippen LogP) is 4.36. The summed E-state index contributed by atoms with van der Waals surface area (Å²) in [6, 6.07) is 9.65. The van der Waals surface area contributed by atoms with E-state index in [-0.39, 0.29) is 47.0 Å². The van der Waals surface area contributed by atoms with Crippen molar-refractivity contribution in [3.8, 4) is 0 Å². The van der Waals surface area contributed by atoms with E-state index in [0.29, 0.717) is 16.3 Å². The van der Waals surface area contributed by atoms with Crippen LogP contribution in [0.3, 0.4) is 0 Å². The van der Waals surface area contributed by atoms with Crippen molar-refractivity contribution in [2.75, 3.05) is 25.6 Å². The zero-order valence-electron chi connectivity index (χ0n) is 20.8. The van der Waals surface area contributed by atoms with Gasteiger partial charge in [0.2, 0.25) is 0 Å². The van der Waals surface area contributed by atoms with Gasteiger partial charge in [0.15, 0.2) is 0 Å². The molecule has 9 nitrogen and oxygen atoms in total. The number of amides is 3. The van der Waals surface area contributed by atoms with Crippen LogP contribution in [-0.2, 0) is 11.3 Å². The average molecular weight is 581 g/mol. The molecule has 208 valence electrons. The number of pyridine rings is 1. The van der Waals surface area contributed by atoms with Crippen LogP contribution in [0.25, 0.3) is 10.8 Å². The van der Waals surface area contributed by atoms with Crippen molar-refractivity contribution in [3.63, 3.8) is 0 Å². The summed E-state index contributed by atoms with van der Waals surface area (Å²) in [6.07, 6.45) is -0.0949. The summed E-state index contributed by atoms with van der Waals surface area (Å²) in [5.41, 5.74) is 0.426. The smallest absolute Gasteiger partial charge is 0.412 e. The second kappa shape index (κ2) is 12.8. The highest BCUT2D eigenvalue weighted by atomic mass is 35.5. The van der Waals surface area contributed by atoms with Crippen LogP contribution in [0.4, 0.5) is 24.2 Å². The van der Waals surface area contributed by atoms with Crippen LogP contribution in [-0.4, -0.2) is 69.2 Å². The Hall–Kier alpha value is -3.19. The second-order valence-corrected chi connectivity index (χ2v) is 10.8. The molecule has 0 bridgehead atoms. The standard InChI is InChI=1S/C26H27ClF2N4O5S/c1-33(25(36)31-11-15-3-2-4-20(29)23(15)27)24-19(9-18(35)12-34)21(39-24)13-38-26(37)32-22-8-16-7-17(28)6-5-14(16)10-30-22/h2-8,10,18-19,21,24,34-35H,9,11-13H2,1H3,(H,31,36)(H,30,32,37)/t18-,19+,21?,24?/m1/s1. The lowest BCUT2D eigenvalue weighted by molar-refractivity contribution is 0.0565. The number of urea groups is 1. The molecule has 0 aliphatic carbocycles. The highest BCUT2D eigenvalue weighted by molar-refractivity contribution is 8.01. The zero-order chi connectivity index (χ0) is 28.1. The number of aliphatic hydroxyl groups excluding tert-OH is 2. The number of rotatable bonds is 9. The summed E-state index contributed by atoms with van der Waals surface area (Å²) in [7, 11) is 1.58. The monoisotopic (exact) mass is 580 g/mol. The quantitative estimate of drug-likeness (QED) is 0.296. The van der Waals surface area contributed by atoms with Gasteiger partial charge < -0.3 is 25.2 Å². The molecule has 39 heavy (non-hydrogen) atoms. The van der Waals surface area contributed by atoms with Crippen LogP contribution in [0, 0.1) is 17.6 Å². The summed E-state index contributed by atoms with van der Waals surface area (Å²) in [5, 5.41) is 25.2. The van der Waals surface area contributed by atoms with Crippen LogP contribution in [0.2, 0.25) is 5.02 Å². The molecule has 3 amide bonds. The number of hydrogen-bond donors (Lipinski definition) is 4. The van der Waals surface area contributed by atoms with E-state index in [0.717, 1.165) is 0 Å². The fourth-order valence-corrected chi connectivity index (χ4v) is 5.92. The van der Waals surface area contributed by atoms with Crippen LogP contribution in [0.5, 0.6) is 0 Å². The molecule has 13 heteroatoms. The van der Waals surface area contributed by atoms with Gasteiger partial charge in [-0.25, -0.2) is 23.4 Å². The summed E-state index contributed by atoms with van der Waals surface area (Å²) in [4.78, 5) is 30.7. The molecule has 0 saturated carbocycles. The van der Waals surface area contributed by atoms with E-state index in [4.69, 9.17) is 16.3 Å². The van der Waals surface area contributed by atoms with Crippen molar-refractivity contribution in [1.29, 1.82) is 0 Å². The lowest BCUT2D eigenvalue weighted by atomic mass is 9.95. The number of fused-ring (bicyclic) bond motifs is 1. The Morgan fingerprint density at radius 2 is 2.03 bits per heavy atom. The number of aliphatic hydroxyl groups is 2. The maximum atomic E-state index is 13.7. The molecule has 2 aromatic carbocycles. The first-order chi connectivity index (χ1) is 18.7. The van der Waals surface area contributed by atoms with E-state index in [9.17, 15) is 28.6 Å². The van der Waals surface area contributed by atoms with Gasteiger partial charge in [0, 0.05) is 36.3 Å². The highest BCUT2D eigenvalue weighted by Gasteiger charge is 2.46. The molecule has 4 atom stereocenters. The Morgan fingerprint density at radius 3 is 2.79 bits per heavy atom. The molecule has 2 unspecified atom stereocenters. The molecule has 0 spiro atoms. The Bertz CT molecular complexity index is 1350. The van der Waals surface area contributed by atoms with Crippen LogP contribution in [0.1, 0.15) is 12.0 Å². The number of hydrogen-bond acceptors (Lipinski definition) is 7. The first kappa shape index (κ1) is 28.8. The van der Waals surface area contributed by atoms with Gasteiger partial charge in [-0.3, -0.25) is 5.32 Å². The topological polar surface area (TPSA) is 124 Å². The minimum absolute atomic E-state index is 0.0171. The molecular weight excluding hydrogens is 554 g/mol. The molecule has 1 aromatic heterocycles. The zero-order valence-corrected chi connectivity index (χ0v) is 22.4. The van der Waals surface area contributed by atoms with E-state index in [1.54, 1.807) is 19.2 Å². The summed E-state index contributed by atoms with van der Waals surface area (Å²) >= 11 is 7.33. The summed E-state index contributed by atoms with van der Waals surface area (Å²) in [5.74, 6) is -1.09. The van der Waals surface area contributed by atoms with Crippen molar-refractivity contribution < 1.29 is 33.3 Å². The Balaban J connectivity index is 1.32. The average Bonchev–Trinajstić information content (AvgIpc) is 2.91. The normalized spacial score (nSPS) is 19.2. The third-order valence-corrected chi connectivity index (χ3v) is 8.57. The molecule has 0 radical (unpaired) electrons. The number of anilines is 1. The van der Waals surface area contributed by atoms with Crippen LogP contribution >= 0.6 is 23.4 Å². The van der Waals surface area contributed by atoms with E-state index < -0.39 is 36.5 Å². The van der Waals surface area contributed by atoms with Gasteiger partial charge in [0.25, 0.3) is 0 Å². The van der Waals surface area contributed by atoms with Crippen molar-refractivity contribution in [1.82, 2.24) is 15.2 Å². The van der Waals surface area contributed by atoms with Gasteiger partial charge in [-0.1, -0.05) is 23.7 Å². The molecule has 1 saturated heterocycles.